The number of nitrogens with zero attached hydrogens (tertiary/aromatic N) is 2. The van der Waals surface area contributed by atoms with Crippen LogP contribution in [0.25, 0.3) is 21.9 Å². The summed E-state index contributed by atoms with van der Waals surface area (Å²) < 4.78 is 0. The van der Waals surface area contributed by atoms with Gasteiger partial charge in [-0.15, -0.1) is 0 Å². The fourth-order valence-corrected chi connectivity index (χ4v) is 6.47. The van der Waals surface area contributed by atoms with Gasteiger partial charge in [-0.1, -0.05) is 134 Å². The molecule has 0 bridgehead atoms. The van der Waals surface area contributed by atoms with Crippen molar-refractivity contribution in [2.45, 2.75) is 26.2 Å². The number of rotatable bonds is 7. The summed E-state index contributed by atoms with van der Waals surface area (Å²) in [6.45, 7) is 2.26. The zero-order valence-electron chi connectivity index (χ0n) is 26.9. The molecule has 230 valence electrons. The molecular weight excluding hydrogens is 569 g/mol. The van der Waals surface area contributed by atoms with Crippen molar-refractivity contribution in [1.29, 1.82) is 0 Å². The van der Waals surface area contributed by atoms with E-state index in [1.54, 1.807) is 0 Å². The number of benzene rings is 5. The molecule has 0 spiro atoms. The second-order valence-electron chi connectivity index (χ2n) is 12.1. The van der Waals surface area contributed by atoms with Gasteiger partial charge in [-0.2, -0.15) is 0 Å². The van der Waals surface area contributed by atoms with Crippen molar-refractivity contribution < 1.29 is 0 Å². The summed E-state index contributed by atoms with van der Waals surface area (Å²) in [5.41, 5.74) is 9.48. The van der Waals surface area contributed by atoms with Crippen LogP contribution in [0.15, 0.2) is 193 Å². The average molecular weight is 609 g/mol. The van der Waals surface area contributed by atoms with E-state index in [1.807, 2.05) is 0 Å². The summed E-state index contributed by atoms with van der Waals surface area (Å²) >= 11 is 0. The van der Waals surface area contributed by atoms with E-state index in [9.17, 15) is 0 Å². The van der Waals surface area contributed by atoms with Gasteiger partial charge in [0.2, 0.25) is 0 Å². The van der Waals surface area contributed by atoms with E-state index in [0.717, 1.165) is 36.3 Å². The second-order valence-corrected chi connectivity index (χ2v) is 12.1. The normalized spacial score (nSPS) is 18.1. The van der Waals surface area contributed by atoms with E-state index in [-0.39, 0.29) is 5.92 Å². The Balaban J connectivity index is 1.22. The topological polar surface area (TPSA) is 6.48 Å². The van der Waals surface area contributed by atoms with Crippen LogP contribution >= 0.6 is 0 Å². The highest BCUT2D eigenvalue weighted by Crippen LogP contribution is 2.39. The summed E-state index contributed by atoms with van der Waals surface area (Å²) in [7, 11) is 0. The zero-order chi connectivity index (χ0) is 31.8. The predicted octanol–water partition coefficient (Wildman–Crippen LogP) is 12.6. The Hall–Kier alpha value is -5.60. The van der Waals surface area contributed by atoms with Gasteiger partial charge in [-0.3, -0.25) is 0 Å². The quantitative estimate of drug-likeness (QED) is 0.181. The molecule has 0 heterocycles. The van der Waals surface area contributed by atoms with Crippen LogP contribution in [0.4, 0.5) is 22.7 Å². The minimum atomic E-state index is 0.230. The Morgan fingerprint density at radius 2 is 1.21 bits per heavy atom. The Kier molecular flexibility index (Phi) is 9.10. The molecule has 0 amide bonds. The molecule has 1 unspecified atom stereocenters. The predicted molar refractivity (Wildman–Crippen MR) is 202 cm³/mol. The summed E-state index contributed by atoms with van der Waals surface area (Å²) in [6, 6.07) is 43.9. The van der Waals surface area contributed by atoms with Crippen molar-refractivity contribution in [2.24, 2.45) is 5.92 Å². The van der Waals surface area contributed by atoms with Gasteiger partial charge in [-0.25, -0.2) is 0 Å². The van der Waals surface area contributed by atoms with Crippen molar-refractivity contribution in [3.05, 3.63) is 193 Å². The number of hydrogen-bond donors (Lipinski definition) is 0. The maximum Gasteiger partial charge on any atom is 0.0539 e. The van der Waals surface area contributed by atoms with E-state index < -0.39 is 0 Å². The van der Waals surface area contributed by atoms with Crippen LogP contribution in [-0.4, -0.2) is 0 Å². The van der Waals surface area contributed by atoms with Crippen LogP contribution in [-0.2, 0) is 0 Å². The molecule has 0 fully saturated rings. The molecule has 2 aliphatic carbocycles. The maximum atomic E-state index is 2.40. The van der Waals surface area contributed by atoms with Crippen LogP contribution in [0.2, 0.25) is 0 Å². The molecule has 0 N–H and O–H groups in total. The van der Waals surface area contributed by atoms with E-state index in [2.05, 4.69) is 199 Å². The SMILES string of the molecule is CC1/C=C\C=C/C/C=C\C=C1N(c1ccccc1)c1ccc(-c2ccc(N(C3=CCCC=C3)c3cccc4ccccc34)cc2)cc1. The minimum Gasteiger partial charge on any atom is -0.314 e. The summed E-state index contributed by atoms with van der Waals surface area (Å²) in [6.07, 6.45) is 25.4. The highest BCUT2D eigenvalue weighted by molar-refractivity contribution is 5.97. The van der Waals surface area contributed by atoms with Gasteiger partial charge in [0.15, 0.2) is 0 Å². The zero-order valence-corrected chi connectivity index (χ0v) is 26.9. The van der Waals surface area contributed by atoms with Gasteiger partial charge in [0.1, 0.15) is 0 Å². The van der Waals surface area contributed by atoms with Crippen molar-refractivity contribution >= 4 is 33.5 Å². The monoisotopic (exact) mass is 608 g/mol. The number of allylic oxidation sites excluding steroid dienone is 10. The average Bonchev–Trinajstić information content (AvgIpc) is 3.14. The van der Waals surface area contributed by atoms with E-state index in [0.29, 0.717) is 0 Å². The third kappa shape index (κ3) is 6.68. The van der Waals surface area contributed by atoms with Crippen molar-refractivity contribution in [1.82, 2.24) is 0 Å². The molecule has 0 saturated heterocycles. The lowest BCUT2D eigenvalue weighted by Crippen LogP contribution is -2.20. The van der Waals surface area contributed by atoms with Crippen molar-refractivity contribution in [2.75, 3.05) is 9.80 Å². The molecular formula is C45H40N2. The van der Waals surface area contributed by atoms with Crippen LogP contribution in [0.3, 0.4) is 0 Å². The highest BCUT2D eigenvalue weighted by Gasteiger charge is 2.19. The van der Waals surface area contributed by atoms with Crippen LogP contribution in [0.1, 0.15) is 26.2 Å². The molecule has 0 aromatic heterocycles. The second kappa shape index (κ2) is 14.2. The third-order valence-electron chi connectivity index (χ3n) is 8.89. The van der Waals surface area contributed by atoms with E-state index >= 15 is 0 Å². The lowest BCUT2D eigenvalue weighted by atomic mass is 10.0. The fourth-order valence-electron chi connectivity index (χ4n) is 6.47. The van der Waals surface area contributed by atoms with Crippen molar-refractivity contribution in [3.63, 3.8) is 0 Å². The first-order valence-electron chi connectivity index (χ1n) is 16.7. The number of fused-ring (bicyclic) bond motifs is 1. The first kappa shape index (κ1) is 30.1. The van der Waals surface area contributed by atoms with Gasteiger partial charge in [0.05, 0.1) is 5.69 Å². The molecule has 0 saturated carbocycles. The minimum absolute atomic E-state index is 0.230. The Morgan fingerprint density at radius 3 is 1.96 bits per heavy atom. The van der Waals surface area contributed by atoms with Crippen LogP contribution < -0.4 is 9.80 Å². The van der Waals surface area contributed by atoms with Crippen LogP contribution in [0.5, 0.6) is 0 Å². The molecule has 5 aromatic carbocycles. The molecule has 2 nitrogen and oxygen atoms in total. The number of hydrogen-bond acceptors (Lipinski definition) is 2. The third-order valence-corrected chi connectivity index (χ3v) is 8.89. The molecule has 47 heavy (non-hydrogen) atoms. The Morgan fingerprint density at radius 1 is 0.553 bits per heavy atom. The Labute approximate surface area is 279 Å². The van der Waals surface area contributed by atoms with Gasteiger partial charge >= 0.3 is 0 Å². The maximum absolute atomic E-state index is 2.40. The van der Waals surface area contributed by atoms with Crippen LogP contribution in [0, 0.1) is 5.92 Å². The standard InChI is InChI=1S/C45H40N2/c1-35-17-8-4-2-3-5-13-25-44(35)46(39-20-9-6-10-21-39)41-31-27-36(28-32-41)37-29-33-42(34-30-37)47(40-22-11-7-12-23-40)45-26-16-19-38-18-14-15-24-43(38)45/h2,4-6,8-11,13-35H,3,7,12H2,1H3/b4-2-,13-5-,17-8-,44-25?. The molecule has 2 heteroatoms. The smallest absolute Gasteiger partial charge is 0.0539 e. The molecule has 0 radical (unpaired) electrons. The summed E-state index contributed by atoms with van der Waals surface area (Å²) in [5.74, 6) is 0.230. The molecule has 0 aliphatic heterocycles. The molecule has 1 atom stereocenters. The largest absolute Gasteiger partial charge is 0.314 e. The van der Waals surface area contributed by atoms with Gasteiger partial charge < -0.3 is 9.80 Å². The fraction of sp³-hybridized carbons (Fsp3) is 0.111. The molecule has 5 aromatic rings. The highest BCUT2D eigenvalue weighted by atomic mass is 15.2. The molecule has 7 rings (SSSR count). The Bertz CT molecular complexity index is 2000. The first-order valence-corrected chi connectivity index (χ1v) is 16.7. The number of para-hydroxylation sites is 1. The number of anilines is 4. The van der Waals surface area contributed by atoms with Gasteiger partial charge in [-0.05, 0) is 90.4 Å². The van der Waals surface area contributed by atoms with E-state index in [1.165, 1.54) is 39.0 Å². The first-order chi connectivity index (χ1) is 23.3. The van der Waals surface area contributed by atoms with Gasteiger partial charge in [0, 0.05) is 39.8 Å². The van der Waals surface area contributed by atoms with Gasteiger partial charge in [0.25, 0.3) is 0 Å². The van der Waals surface area contributed by atoms with Crippen molar-refractivity contribution in [3.8, 4) is 11.1 Å². The lowest BCUT2D eigenvalue weighted by Gasteiger charge is -2.31. The summed E-state index contributed by atoms with van der Waals surface area (Å²) in [5, 5.41) is 2.50. The van der Waals surface area contributed by atoms with E-state index in [4.69, 9.17) is 0 Å². The lowest BCUT2D eigenvalue weighted by molar-refractivity contribution is 0.828. The summed E-state index contributed by atoms with van der Waals surface area (Å²) in [4.78, 5) is 4.78. The molecule has 2 aliphatic rings.